The van der Waals surface area contributed by atoms with Gasteiger partial charge in [0, 0.05) is 26.1 Å². The van der Waals surface area contributed by atoms with Crippen molar-refractivity contribution in [1.29, 1.82) is 0 Å². The summed E-state index contributed by atoms with van der Waals surface area (Å²) in [6.45, 7) is 7.63. The smallest absolute Gasteiger partial charge is 0.320 e. The molecule has 2 heterocycles. The normalized spacial score (nSPS) is 15.8. The third-order valence-corrected chi connectivity index (χ3v) is 6.42. The highest BCUT2D eigenvalue weighted by Crippen LogP contribution is 2.29. The van der Waals surface area contributed by atoms with Crippen LogP contribution in [0.2, 0.25) is 0 Å². The molecule has 1 aromatic heterocycles. The monoisotopic (exact) mass is 477 g/mol. The van der Waals surface area contributed by atoms with Gasteiger partial charge in [-0.15, -0.1) is 5.10 Å². The topological polar surface area (TPSA) is 80.7 Å². The predicted octanol–water partition coefficient (Wildman–Crippen LogP) is 4.29. The van der Waals surface area contributed by atoms with Crippen LogP contribution in [0.25, 0.3) is 5.69 Å². The fraction of sp³-hybridized carbons (Fsp3) is 0.407. The molecule has 2 aromatic carbocycles. The molecule has 2 amide bonds. The first-order chi connectivity index (χ1) is 16.9. The number of aromatic nitrogens is 2. The number of carbonyl (C=O) groups excluding carboxylic acids is 1. The van der Waals surface area contributed by atoms with Gasteiger partial charge in [0.15, 0.2) is 0 Å². The van der Waals surface area contributed by atoms with Crippen LogP contribution in [0.1, 0.15) is 28.7 Å². The SMILES string of the molecule is COCc1ccc(C)c(CNC(=O)Nc2c(C)c(OCC3CCN(C)C3)nn2-c2ccccc2)c1. The van der Waals surface area contributed by atoms with Gasteiger partial charge in [-0.05, 0) is 62.7 Å². The van der Waals surface area contributed by atoms with E-state index in [2.05, 4.69) is 28.6 Å². The summed E-state index contributed by atoms with van der Waals surface area (Å²) in [5, 5.41) is 10.7. The van der Waals surface area contributed by atoms with Crippen molar-refractivity contribution in [3.05, 3.63) is 70.8 Å². The second-order valence-electron chi connectivity index (χ2n) is 9.26. The minimum atomic E-state index is -0.300. The molecule has 4 rings (SSSR count). The number of ether oxygens (including phenoxy) is 2. The number of anilines is 1. The van der Waals surface area contributed by atoms with E-state index in [-0.39, 0.29) is 6.03 Å². The molecule has 0 bridgehead atoms. The van der Waals surface area contributed by atoms with Crippen LogP contribution < -0.4 is 15.4 Å². The Morgan fingerprint density at radius 3 is 2.69 bits per heavy atom. The van der Waals surface area contributed by atoms with Gasteiger partial charge >= 0.3 is 6.03 Å². The maximum Gasteiger partial charge on any atom is 0.320 e. The predicted molar refractivity (Wildman–Crippen MR) is 137 cm³/mol. The molecule has 0 spiro atoms. The number of carbonyl (C=O) groups is 1. The van der Waals surface area contributed by atoms with Crippen molar-refractivity contribution in [2.24, 2.45) is 5.92 Å². The number of rotatable bonds is 9. The first-order valence-corrected chi connectivity index (χ1v) is 12.0. The Morgan fingerprint density at radius 2 is 1.97 bits per heavy atom. The van der Waals surface area contributed by atoms with Crippen LogP contribution >= 0.6 is 0 Å². The third-order valence-electron chi connectivity index (χ3n) is 6.42. The fourth-order valence-corrected chi connectivity index (χ4v) is 4.37. The number of nitrogens with zero attached hydrogens (tertiary/aromatic N) is 3. The summed E-state index contributed by atoms with van der Waals surface area (Å²) in [5.74, 6) is 1.62. The van der Waals surface area contributed by atoms with Gasteiger partial charge in [-0.1, -0.05) is 36.4 Å². The minimum absolute atomic E-state index is 0.300. The lowest BCUT2D eigenvalue weighted by Crippen LogP contribution is -2.29. The van der Waals surface area contributed by atoms with Gasteiger partial charge in [0.2, 0.25) is 5.88 Å². The lowest BCUT2D eigenvalue weighted by molar-refractivity contribution is 0.185. The molecule has 1 aliphatic rings. The molecule has 1 fully saturated rings. The van der Waals surface area contributed by atoms with Crippen LogP contribution in [0.3, 0.4) is 0 Å². The standard InChI is InChI=1S/C27H35N5O3/c1-19-10-11-21(17-34-4)14-23(19)15-28-27(33)29-25-20(2)26(35-18-22-12-13-31(3)16-22)30-32(25)24-8-6-5-7-9-24/h5-11,14,22H,12-13,15-18H2,1-4H3,(H2,28,29,33). The zero-order chi connectivity index (χ0) is 24.8. The first-order valence-electron chi connectivity index (χ1n) is 12.0. The molecular formula is C27H35N5O3. The van der Waals surface area contributed by atoms with Crippen LogP contribution in [0.4, 0.5) is 10.6 Å². The highest BCUT2D eigenvalue weighted by atomic mass is 16.5. The fourth-order valence-electron chi connectivity index (χ4n) is 4.37. The summed E-state index contributed by atoms with van der Waals surface area (Å²) < 4.78 is 13.1. The Labute approximate surface area is 207 Å². The zero-order valence-corrected chi connectivity index (χ0v) is 21.0. The van der Waals surface area contributed by atoms with E-state index < -0.39 is 0 Å². The van der Waals surface area contributed by atoms with Crippen LogP contribution in [0.5, 0.6) is 5.88 Å². The van der Waals surface area contributed by atoms with Crippen molar-refractivity contribution in [2.45, 2.75) is 33.4 Å². The molecule has 0 aliphatic carbocycles. The zero-order valence-electron chi connectivity index (χ0n) is 21.0. The third kappa shape index (κ3) is 6.21. The number of para-hydroxylation sites is 1. The highest BCUT2D eigenvalue weighted by molar-refractivity contribution is 5.89. The molecule has 1 unspecified atom stereocenters. The van der Waals surface area contributed by atoms with E-state index in [1.807, 2.05) is 56.3 Å². The number of nitrogens with one attached hydrogen (secondary N) is 2. The van der Waals surface area contributed by atoms with Crippen molar-refractivity contribution in [3.8, 4) is 11.6 Å². The van der Waals surface area contributed by atoms with E-state index >= 15 is 0 Å². The van der Waals surface area contributed by atoms with E-state index in [1.165, 1.54) is 0 Å². The van der Waals surface area contributed by atoms with Gasteiger partial charge in [-0.2, -0.15) is 0 Å². The number of methoxy groups -OCH3 is 1. The molecule has 0 saturated carbocycles. The second-order valence-corrected chi connectivity index (χ2v) is 9.26. The van der Waals surface area contributed by atoms with Crippen molar-refractivity contribution in [3.63, 3.8) is 0 Å². The van der Waals surface area contributed by atoms with Crippen molar-refractivity contribution < 1.29 is 14.3 Å². The quantitative estimate of drug-likeness (QED) is 0.481. The van der Waals surface area contributed by atoms with Crippen LogP contribution in [-0.4, -0.2) is 54.6 Å². The summed E-state index contributed by atoms with van der Waals surface area (Å²) in [6, 6.07) is 15.6. The lowest BCUT2D eigenvalue weighted by atomic mass is 10.1. The molecule has 1 saturated heterocycles. The molecule has 8 nitrogen and oxygen atoms in total. The molecule has 186 valence electrons. The van der Waals surface area contributed by atoms with Crippen molar-refractivity contribution in [1.82, 2.24) is 20.0 Å². The van der Waals surface area contributed by atoms with E-state index in [9.17, 15) is 4.79 Å². The summed E-state index contributed by atoms with van der Waals surface area (Å²) in [5.41, 5.74) is 4.89. The van der Waals surface area contributed by atoms with Gasteiger partial charge in [-0.25, -0.2) is 9.48 Å². The maximum absolute atomic E-state index is 12.9. The molecular weight excluding hydrogens is 442 g/mol. The Morgan fingerprint density at radius 1 is 1.17 bits per heavy atom. The lowest BCUT2D eigenvalue weighted by Gasteiger charge is -2.13. The van der Waals surface area contributed by atoms with E-state index in [0.29, 0.717) is 37.4 Å². The van der Waals surface area contributed by atoms with Crippen molar-refractivity contribution in [2.75, 3.05) is 39.2 Å². The van der Waals surface area contributed by atoms with Crippen LogP contribution in [0.15, 0.2) is 48.5 Å². The number of hydrogen-bond donors (Lipinski definition) is 2. The number of amides is 2. The maximum atomic E-state index is 12.9. The van der Waals surface area contributed by atoms with Crippen molar-refractivity contribution >= 4 is 11.8 Å². The summed E-state index contributed by atoms with van der Waals surface area (Å²) in [4.78, 5) is 15.2. The van der Waals surface area contributed by atoms with Gasteiger partial charge in [-0.3, -0.25) is 5.32 Å². The number of aryl methyl sites for hydroxylation is 1. The largest absolute Gasteiger partial charge is 0.476 e. The Kier molecular flexibility index (Phi) is 8.05. The number of urea groups is 1. The second kappa shape index (κ2) is 11.4. The molecule has 1 aliphatic heterocycles. The summed E-state index contributed by atoms with van der Waals surface area (Å²) in [6.07, 6.45) is 1.12. The van der Waals surface area contributed by atoms with E-state index in [4.69, 9.17) is 14.6 Å². The molecule has 2 N–H and O–H groups in total. The van der Waals surface area contributed by atoms with Crippen LogP contribution in [0, 0.1) is 19.8 Å². The van der Waals surface area contributed by atoms with Crippen LogP contribution in [-0.2, 0) is 17.9 Å². The van der Waals surface area contributed by atoms with Gasteiger partial charge in [0.1, 0.15) is 5.82 Å². The molecule has 8 heteroatoms. The average molecular weight is 478 g/mol. The molecule has 3 aromatic rings. The minimum Gasteiger partial charge on any atom is -0.476 e. The highest BCUT2D eigenvalue weighted by Gasteiger charge is 2.23. The number of hydrogen-bond acceptors (Lipinski definition) is 5. The summed E-state index contributed by atoms with van der Waals surface area (Å²) >= 11 is 0. The Bertz CT molecular complexity index is 1150. The summed E-state index contributed by atoms with van der Waals surface area (Å²) in [7, 11) is 3.80. The molecule has 1 atom stereocenters. The van der Waals surface area contributed by atoms with Gasteiger partial charge in [0.25, 0.3) is 0 Å². The first kappa shape index (κ1) is 24.8. The Hall–Kier alpha value is -3.36. The molecule has 0 radical (unpaired) electrons. The Balaban J connectivity index is 1.49. The number of likely N-dealkylation sites (tertiary alicyclic amines) is 1. The van der Waals surface area contributed by atoms with Gasteiger partial charge in [0.05, 0.1) is 24.5 Å². The number of benzene rings is 2. The van der Waals surface area contributed by atoms with E-state index in [1.54, 1.807) is 11.8 Å². The average Bonchev–Trinajstić information content (AvgIpc) is 3.41. The molecule has 35 heavy (non-hydrogen) atoms. The van der Waals surface area contributed by atoms with Gasteiger partial charge < -0.3 is 19.7 Å². The van der Waals surface area contributed by atoms with E-state index in [0.717, 1.165) is 47.5 Å².